The summed E-state index contributed by atoms with van der Waals surface area (Å²) >= 11 is 0. The number of carbonyl (C=O) groups excluding carboxylic acids is 1. The van der Waals surface area contributed by atoms with Gasteiger partial charge in [-0.15, -0.1) is 24.0 Å². The van der Waals surface area contributed by atoms with Crippen molar-refractivity contribution in [3.63, 3.8) is 0 Å². The van der Waals surface area contributed by atoms with Gasteiger partial charge in [-0.05, 0) is 34.1 Å². The lowest BCUT2D eigenvalue weighted by atomic mass is 10.2. The molecule has 0 heterocycles. The van der Waals surface area contributed by atoms with E-state index in [-0.39, 0.29) is 30.5 Å². The van der Waals surface area contributed by atoms with Crippen molar-refractivity contribution < 1.29 is 18.0 Å². The van der Waals surface area contributed by atoms with Crippen LogP contribution in [0.5, 0.6) is 0 Å². The molecule has 0 aromatic heterocycles. The molecule has 0 saturated heterocycles. The predicted molar refractivity (Wildman–Crippen MR) is 110 cm³/mol. The normalized spacial score (nSPS) is 12.4. The fourth-order valence-corrected chi connectivity index (χ4v) is 2.45. The molecule has 1 amide bonds. The number of alkyl halides is 3. The Morgan fingerprint density at radius 3 is 2.08 bits per heavy atom. The fraction of sp³-hybridized carbons (Fsp3) is 0.875. The Morgan fingerprint density at radius 2 is 1.65 bits per heavy atom. The van der Waals surface area contributed by atoms with Crippen molar-refractivity contribution in [2.45, 2.75) is 52.4 Å². The summed E-state index contributed by atoms with van der Waals surface area (Å²) in [4.78, 5) is 18.7. The quantitative estimate of drug-likeness (QED) is 0.223. The zero-order chi connectivity index (χ0) is 19.6. The van der Waals surface area contributed by atoms with Gasteiger partial charge in [-0.3, -0.25) is 14.7 Å². The van der Waals surface area contributed by atoms with Crippen LogP contribution in [0.1, 0.15) is 34.1 Å². The number of halogens is 4. The zero-order valence-electron chi connectivity index (χ0n) is 16.5. The molecular formula is C16H33F3IN5O. The number of hydrogen-bond acceptors (Lipinski definition) is 3. The second-order valence-corrected chi connectivity index (χ2v) is 6.50. The van der Waals surface area contributed by atoms with Crippen LogP contribution in [0, 0.1) is 0 Å². The van der Waals surface area contributed by atoms with Crippen LogP contribution in [0.2, 0.25) is 0 Å². The highest BCUT2D eigenvalue weighted by Gasteiger charge is 2.31. The lowest BCUT2D eigenvalue weighted by Crippen LogP contribution is -2.46. The predicted octanol–water partition coefficient (Wildman–Crippen LogP) is 2.30. The summed E-state index contributed by atoms with van der Waals surface area (Å²) in [7, 11) is 2.67. The summed E-state index contributed by atoms with van der Waals surface area (Å²) in [6.45, 7) is 8.67. The molecular weight excluding hydrogens is 462 g/mol. The minimum Gasteiger partial charge on any atom is -0.356 e. The highest BCUT2D eigenvalue weighted by atomic mass is 127. The summed E-state index contributed by atoms with van der Waals surface area (Å²) in [6.07, 6.45) is -3.51. The standard InChI is InChI=1S/C16H32F3N5O.HI/c1-12(2)24(13(3)4)9-7-8-21-15(20-5)22-10-14(25)23(6)11-16(17,18)19;/h12-13H,7-11H2,1-6H3,(H2,20,21,22);1H. The van der Waals surface area contributed by atoms with Crippen molar-refractivity contribution in [2.75, 3.05) is 40.3 Å². The number of aliphatic imine (C=N–C) groups is 1. The maximum absolute atomic E-state index is 12.3. The summed E-state index contributed by atoms with van der Waals surface area (Å²) in [5, 5.41) is 5.80. The molecule has 156 valence electrons. The molecule has 0 radical (unpaired) electrons. The van der Waals surface area contributed by atoms with Gasteiger partial charge in [0.05, 0.1) is 6.54 Å². The summed E-state index contributed by atoms with van der Waals surface area (Å²) < 4.78 is 36.8. The number of nitrogens with zero attached hydrogens (tertiary/aromatic N) is 3. The van der Waals surface area contributed by atoms with Crippen molar-refractivity contribution in [2.24, 2.45) is 4.99 Å². The lowest BCUT2D eigenvalue weighted by molar-refractivity contribution is -0.157. The number of likely N-dealkylation sites (N-methyl/N-ethyl adjacent to an activating group) is 1. The molecule has 0 fully saturated rings. The fourth-order valence-electron chi connectivity index (χ4n) is 2.45. The molecule has 6 nitrogen and oxygen atoms in total. The van der Waals surface area contributed by atoms with Crippen LogP contribution in [0.15, 0.2) is 4.99 Å². The van der Waals surface area contributed by atoms with E-state index in [0.717, 1.165) is 20.0 Å². The molecule has 0 aliphatic carbocycles. The smallest absolute Gasteiger partial charge is 0.356 e. The first-order valence-electron chi connectivity index (χ1n) is 8.49. The Morgan fingerprint density at radius 1 is 1.12 bits per heavy atom. The van der Waals surface area contributed by atoms with Gasteiger partial charge >= 0.3 is 6.18 Å². The van der Waals surface area contributed by atoms with Crippen LogP contribution in [-0.2, 0) is 4.79 Å². The van der Waals surface area contributed by atoms with Gasteiger partial charge in [0.1, 0.15) is 6.54 Å². The molecule has 0 unspecified atom stereocenters. The molecule has 0 spiro atoms. The topological polar surface area (TPSA) is 60.0 Å². The van der Waals surface area contributed by atoms with Crippen molar-refractivity contribution in [3.05, 3.63) is 0 Å². The number of nitrogens with one attached hydrogen (secondary N) is 2. The van der Waals surface area contributed by atoms with Crippen LogP contribution in [0.25, 0.3) is 0 Å². The molecule has 26 heavy (non-hydrogen) atoms. The van der Waals surface area contributed by atoms with E-state index in [1.807, 2.05) is 0 Å². The van der Waals surface area contributed by atoms with Gasteiger partial charge in [0.25, 0.3) is 0 Å². The Bertz CT molecular complexity index is 423. The van der Waals surface area contributed by atoms with E-state index in [0.29, 0.717) is 29.5 Å². The number of guanidine groups is 1. The summed E-state index contributed by atoms with van der Waals surface area (Å²) in [5.74, 6) is -0.250. The summed E-state index contributed by atoms with van der Waals surface area (Å²) in [6, 6.07) is 0.915. The monoisotopic (exact) mass is 495 g/mol. The first kappa shape index (κ1) is 27.4. The zero-order valence-corrected chi connectivity index (χ0v) is 18.8. The number of hydrogen-bond donors (Lipinski definition) is 2. The Labute approximate surface area is 172 Å². The van der Waals surface area contributed by atoms with Gasteiger partial charge < -0.3 is 15.5 Å². The molecule has 10 heteroatoms. The van der Waals surface area contributed by atoms with Crippen molar-refractivity contribution in [3.8, 4) is 0 Å². The molecule has 0 rings (SSSR count). The van der Waals surface area contributed by atoms with E-state index in [9.17, 15) is 18.0 Å². The van der Waals surface area contributed by atoms with E-state index in [4.69, 9.17) is 0 Å². The third kappa shape index (κ3) is 12.6. The van der Waals surface area contributed by atoms with Crippen LogP contribution >= 0.6 is 24.0 Å². The number of carbonyl (C=O) groups is 1. The van der Waals surface area contributed by atoms with E-state index >= 15 is 0 Å². The minimum absolute atomic E-state index is 0. The van der Waals surface area contributed by atoms with Gasteiger partial charge in [-0.25, -0.2) is 0 Å². The van der Waals surface area contributed by atoms with E-state index in [1.165, 1.54) is 0 Å². The van der Waals surface area contributed by atoms with Crippen molar-refractivity contribution in [1.29, 1.82) is 0 Å². The second-order valence-electron chi connectivity index (χ2n) is 6.50. The Balaban J connectivity index is 0. The second kappa shape index (κ2) is 13.4. The average Bonchev–Trinajstić information content (AvgIpc) is 2.47. The largest absolute Gasteiger partial charge is 0.406 e. The van der Waals surface area contributed by atoms with Crippen LogP contribution in [0.4, 0.5) is 13.2 Å². The molecule has 2 N–H and O–H groups in total. The Hall–Kier alpha value is -0.780. The van der Waals surface area contributed by atoms with Gasteiger partial charge in [0.15, 0.2) is 5.96 Å². The maximum atomic E-state index is 12.3. The molecule has 0 aromatic carbocycles. The van der Waals surface area contributed by atoms with Crippen LogP contribution in [0.3, 0.4) is 0 Å². The van der Waals surface area contributed by atoms with Gasteiger partial charge in [0, 0.05) is 39.3 Å². The lowest BCUT2D eigenvalue weighted by Gasteiger charge is -2.30. The molecule has 0 aliphatic heterocycles. The van der Waals surface area contributed by atoms with Gasteiger partial charge in [0.2, 0.25) is 5.91 Å². The Kier molecular flexibility index (Phi) is 14.1. The molecule has 0 bridgehead atoms. The SMILES string of the molecule is CN=C(NCCCN(C(C)C)C(C)C)NCC(=O)N(C)CC(F)(F)F.I. The first-order chi connectivity index (χ1) is 11.5. The minimum atomic E-state index is -4.40. The van der Waals surface area contributed by atoms with Crippen molar-refractivity contribution >= 4 is 35.8 Å². The van der Waals surface area contributed by atoms with Crippen LogP contribution < -0.4 is 10.6 Å². The van der Waals surface area contributed by atoms with Gasteiger partial charge in [-0.2, -0.15) is 13.2 Å². The van der Waals surface area contributed by atoms with E-state index < -0.39 is 18.6 Å². The highest BCUT2D eigenvalue weighted by Crippen LogP contribution is 2.15. The molecule has 0 atom stereocenters. The third-order valence-electron chi connectivity index (χ3n) is 3.68. The highest BCUT2D eigenvalue weighted by molar-refractivity contribution is 14.0. The summed E-state index contributed by atoms with van der Waals surface area (Å²) in [5.41, 5.74) is 0. The van der Waals surface area contributed by atoms with Crippen LogP contribution in [-0.4, -0.2) is 80.2 Å². The van der Waals surface area contributed by atoms with E-state index in [2.05, 4.69) is 48.2 Å². The first-order valence-corrected chi connectivity index (χ1v) is 8.49. The molecule has 0 aromatic rings. The van der Waals surface area contributed by atoms with E-state index in [1.54, 1.807) is 7.05 Å². The molecule has 0 saturated carbocycles. The number of amides is 1. The number of rotatable bonds is 9. The van der Waals surface area contributed by atoms with Gasteiger partial charge in [-0.1, -0.05) is 0 Å². The third-order valence-corrected chi connectivity index (χ3v) is 3.68. The average molecular weight is 495 g/mol. The maximum Gasteiger partial charge on any atom is 0.406 e. The molecule has 0 aliphatic rings. The van der Waals surface area contributed by atoms with Crippen molar-refractivity contribution in [1.82, 2.24) is 20.4 Å².